The molecular formula is C15H17ClN4O2. The SMILES string of the molecule is Cc1cncn(CCNC(=O)NCc2ccc(Cl)cc2)c1=O. The van der Waals surface area contributed by atoms with Crippen LogP contribution < -0.4 is 16.2 Å². The minimum absolute atomic E-state index is 0.0987. The zero-order valence-corrected chi connectivity index (χ0v) is 12.9. The Balaban J connectivity index is 1.75. The lowest BCUT2D eigenvalue weighted by atomic mass is 10.2. The second-order valence-electron chi connectivity index (χ2n) is 4.81. The summed E-state index contributed by atoms with van der Waals surface area (Å²) in [5.41, 5.74) is 1.44. The number of aromatic nitrogens is 2. The first-order chi connectivity index (χ1) is 10.6. The van der Waals surface area contributed by atoms with E-state index in [9.17, 15) is 9.59 Å². The first-order valence-electron chi connectivity index (χ1n) is 6.83. The number of nitrogens with one attached hydrogen (secondary N) is 2. The summed E-state index contributed by atoms with van der Waals surface area (Å²) in [5.74, 6) is 0. The summed E-state index contributed by atoms with van der Waals surface area (Å²) in [7, 11) is 0. The number of rotatable bonds is 5. The van der Waals surface area contributed by atoms with E-state index < -0.39 is 0 Å². The number of aryl methyl sites for hydroxylation is 1. The molecule has 0 saturated heterocycles. The van der Waals surface area contributed by atoms with Gasteiger partial charge in [0.15, 0.2) is 0 Å². The standard InChI is InChI=1S/C15H17ClN4O2/c1-11-8-17-10-20(14(11)21)7-6-18-15(22)19-9-12-2-4-13(16)5-3-12/h2-5,8,10H,6-7,9H2,1H3,(H2,18,19,22). The van der Waals surface area contributed by atoms with Crippen LogP contribution in [0.4, 0.5) is 4.79 Å². The summed E-state index contributed by atoms with van der Waals surface area (Å²) >= 11 is 5.79. The van der Waals surface area contributed by atoms with E-state index >= 15 is 0 Å². The van der Waals surface area contributed by atoms with Crippen molar-refractivity contribution in [3.8, 4) is 0 Å². The molecule has 0 bridgehead atoms. The van der Waals surface area contributed by atoms with Gasteiger partial charge in [-0.05, 0) is 24.6 Å². The minimum Gasteiger partial charge on any atom is -0.336 e. The molecule has 2 N–H and O–H groups in total. The summed E-state index contributed by atoms with van der Waals surface area (Å²) in [6.07, 6.45) is 2.98. The van der Waals surface area contributed by atoms with E-state index in [-0.39, 0.29) is 11.6 Å². The van der Waals surface area contributed by atoms with Crippen molar-refractivity contribution in [2.24, 2.45) is 0 Å². The maximum absolute atomic E-state index is 11.8. The number of hydrogen-bond acceptors (Lipinski definition) is 3. The Morgan fingerprint density at radius 1 is 1.27 bits per heavy atom. The van der Waals surface area contributed by atoms with Crippen LogP contribution >= 0.6 is 11.6 Å². The lowest BCUT2D eigenvalue weighted by molar-refractivity contribution is 0.240. The number of carbonyl (C=O) groups is 1. The molecule has 2 amide bonds. The fourth-order valence-electron chi connectivity index (χ4n) is 1.86. The monoisotopic (exact) mass is 320 g/mol. The van der Waals surface area contributed by atoms with Crippen molar-refractivity contribution < 1.29 is 4.79 Å². The molecule has 1 aromatic carbocycles. The molecule has 2 rings (SSSR count). The van der Waals surface area contributed by atoms with Gasteiger partial charge >= 0.3 is 6.03 Å². The van der Waals surface area contributed by atoms with Crippen molar-refractivity contribution in [2.45, 2.75) is 20.0 Å². The molecule has 1 heterocycles. The summed E-state index contributed by atoms with van der Waals surface area (Å²) in [4.78, 5) is 27.4. The largest absolute Gasteiger partial charge is 0.336 e. The summed E-state index contributed by atoms with van der Waals surface area (Å²) in [6, 6.07) is 6.95. The molecule has 22 heavy (non-hydrogen) atoms. The van der Waals surface area contributed by atoms with Gasteiger partial charge in [0.05, 0.1) is 6.33 Å². The van der Waals surface area contributed by atoms with Crippen molar-refractivity contribution in [2.75, 3.05) is 6.54 Å². The Morgan fingerprint density at radius 2 is 2.00 bits per heavy atom. The molecule has 6 nitrogen and oxygen atoms in total. The van der Waals surface area contributed by atoms with E-state index in [1.54, 1.807) is 19.1 Å². The highest BCUT2D eigenvalue weighted by Crippen LogP contribution is 2.08. The highest BCUT2D eigenvalue weighted by atomic mass is 35.5. The number of hydrogen-bond donors (Lipinski definition) is 2. The smallest absolute Gasteiger partial charge is 0.315 e. The molecule has 0 fully saturated rings. The Bertz CT molecular complexity index is 697. The van der Waals surface area contributed by atoms with Crippen LogP contribution in [-0.4, -0.2) is 22.1 Å². The predicted molar refractivity (Wildman–Crippen MR) is 84.9 cm³/mol. The molecule has 7 heteroatoms. The highest BCUT2D eigenvalue weighted by Gasteiger charge is 2.02. The second-order valence-corrected chi connectivity index (χ2v) is 5.25. The zero-order chi connectivity index (χ0) is 15.9. The molecule has 1 aromatic heterocycles. The molecule has 0 unspecified atom stereocenters. The van der Waals surface area contributed by atoms with E-state index in [1.165, 1.54) is 17.1 Å². The maximum atomic E-state index is 11.8. The van der Waals surface area contributed by atoms with Gasteiger partial charge in [0, 0.05) is 36.4 Å². The van der Waals surface area contributed by atoms with E-state index in [0.717, 1.165) is 5.56 Å². The van der Waals surface area contributed by atoms with Crippen LogP contribution in [0.15, 0.2) is 41.6 Å². The normalized spacial score (nSPS) is 10.3. The van der Waals surface area contributed by atoms with Gasteiger partial charge in [-0.15, -0.1) is 0 Å². The molecule has 0 aliphatic rings. The fraction of sp³-hybridized carbons (Fsp3) is 0.267. The third-order valence-electron chi connectivity index (χ3n) is 3.08. The zero-order valence-electron chi connectivity index (χ0n) is 12.2. The second kappa shape index (κ2) is 7.61. The third kappa shape index (κ3) is 4.60. The minimum atomic E-state index is -0.288. The van der Waals surface area contributed by atoms with E-state index in [1.807, 2.05) is 12.1 Å². The van der Waals surface area contributed by atoms with Crippen molar-refractivity contribution in [3.05, 3.63) is 63.3 Å². The van der Waals surface area contributed by atoms with E-state index in [2.05, 4.69) is 15.6 Å². The molecule has 2 aromatic rings. The first-order valence-corrected chi connectivity index (χ1v) is 7.21. The predicted octanol–water partition coefficient (Wildman–Crippen LogP) is 1.70. The van der Waals surface area contributed by atoms with Gasteiger partial charge < -0.3 is 10.6 Å². The van der Waals surface area contributed by atoms with Gasteiger partial charge in [0.2, 0.25) is 0 Å². The summed E-state index contributed by atoms with van der Waals surface area (Å²) in [5, 5.41) is 6.09. The average molecular weight is 321 g/mol. The van der Waals surface area contributed by atoms with Gasteiger partial charge in [-0.25, -0.2) is 9.78 Å². The van der Waals surface area contributed by atoms with Crippen molar-refractivity contribution in [1.82, 2.24) is 20.2 Å². The van der Waals surface area contributed by atoms with Crippen LogP contribution in [0, 0.1) is 6.92 Å². The van der Waals surface area contributed by atoms with E-state index in [0.29, 0.717) is 30.2 Å². The molecule has 0 radical (unpaired) electrons. The van der Waals surface area contributed by atoms with E-state index in [4.69, 9.17) is 11.6 Å². The number of carbonyl (C=O) groups excluding carboxylic acids is 1. The van der Waals surface area contributed by atoms with Gasteiger partial charge in [0.1, 0.15) is 0 Å². The number of amides is 2. The van der Waals surface area contributed by atoms with Crippen molar-refractivity contribution >= 4 is 17.6 Å². The third-order valence-corrected chi connectivity index (χ3v) is 3.33. The van der Waals surface area contributed by atoms with Gasteiger partial charge in [0.25, 0.3) is 5.56 Å². The quantitative estimate of drug-likeness (QED) is 0.880. The molecule has 116 valence electrons. The Labute approximate surface area is 133 Å². The number of urea groups is 1. The fourth-order valence-corrected chi connectivity index (χ4v) is 1.98. The number of nitrogens with zero attached hydrogens (tertiary/aromatic N) is 2. The van der Waals surface area contributed by atoms with Gasteiger partial charge in [-0.3, -0.25) is 9.36 Å². The van der Waals surface area contributed by atoms with Crippen LogP contribution in [-0.2, 0) is 13.1 Å². The highest BCUT2D eigenvalue weighted by molar-refractivity contribution is 6.30. The molecule has 0 spiro atoms. The lowest BCUT2D eigenvalue weighted by Gasteiger charge is -2.09. The topological polar surface area (TPSA) is 76.0 Å². The lowest BCUT2D eigenvalue weighted by Crippen LogP contribution is -2.38. The van der Waals surface area contributed by atoms with Gasteiger partial charge in [-0.1, -0.05) is 23.7 Å². The van der Waals surface area contributed by atoms with Crippen LogP contribution in [0.5, 0.6) is 0 Å². The number of benzene rings is 1. The average Bonchev–Trinajstić information content (AvgIpc) is 2.51. The van der Waals surface area contributed by atoms with Crippen LogP contribution in [0.1, 0.15) is 11.1 Å². The Hall–Kier alpha value is -2.34. The van der Waals surface area contributed by atoms with Gasteiger partial charge in [-0.2, -0.15) is 0 Å². The molecule has 0 saturated carbocycles. The number of halogens is 1. The Kier molecular flexibility index (Phi) is 5.55. The maximum Gasteiger partial charge on any atom is 0.315 e. The van der Waals surface area contributed by atoms with Crippen molar-refractivity contribution in [1.29, 1.82) is 0 Å². The van der Waals surface area contributed by atoms with Crippen molar-refractivity contribution in [3.63, 3.8) is 0 Å². The van der Waals surface area contributed by atoms with Crippen LogP contribution in [0.2, 0.25) is 5.02 Å². The van der Waals surface area contributed by atoms with Crippen LogP contribution in [0.3, 0.4) is 0 Å². The summed E-state index contributed by atoms with van der Waals surface area (Å²) in [6.45, 7) is 2.84. The molecule has 0 atom stereocenters. The molecule has 0 aliphatic carbocycles. The Morgan fingerprint density at radius 3 is 2.73 bits per heavy atom. The summed E-state index contributed by atoms with van der Waals surface area (Å²) < 4.78 is 1.47. The first kappa shape index (κ1) is 16.0. The molecular weight excluding hydrogens is 304 g/mol. The molecule has 0 aliphatic heterocycles. The van der Waals surface area contributed by atoms with Crippen LogP contribution in [0.25, 0.3) is 0 Å².